The quantitative estimate of drug-likeness (QED) is 0.577. The first kappa shape index (κ1) is 13.1. The van der Waals surface area contributed by atoms with Gasteiger partial charge in [0, 0.05) is 24.7 Å². The summed E-state index contributed by atoms with van der Waals surface area (Å²) in [5, 5.41) is 22.3. The maximum Gasteiger partial charge on any atom is 0.307 e. The van der Waals surface area contributed by atoms with E-state index in [4.69, 9.17) is 5.11 Å². The number of aliphatic carboxylic acids is 1. The number of nitro groups is 1. The summed E-state index contributed by atoms with van der Waals surface area (Å²) >= 11 is 0. The van der Waals surface area contributed by atoms with Crippen molar-refractivity contribution in [3.05, 3.63) is 39.9 Å². The van der Waals surface area contributed by atoms with Crippen LogP contribution < -0.4 is 5.32 Å². The number of hydrogen-bond acceptors (Lipinski definition) is 4. The van der Waals surface area contributed by atoms with Crippen molar-refractivity contribution in [2.24, 2.45) is 5.92 Å². The van der Waals surface area contributed by atoms with Crippen molar-refractivity contribution in [3.63, 3.8) is 0 Å². The zero-order valence-corrected chi connectivity index (χ0v) is 9.42. The molecule has 0 aliphatic carbocycles. The third kappa shape index (κ3) is 3.84. The summed E-state index contributed by atoms with van der Waals surface area (Å²) < 4.78 is 0. The minimum Gasteiger partial charge on any atom is -0.481 e. The van der Waals surface area contributed by atoms with E-state index in [9.17, 15) is 14.9 Å². The van der Waals surface area contributed by atoms with Gasteiger partial charge in [-0.25, -0.2) is 0 Å². The topological polar surface area (TPSA) is 92.5 Å². The van der Waals surface area contributed by atoms with Crippen LogP contribution in [0.25, 0.3) is 0 Å². The number of rotatable bonds is 6. The number of nitrogens with one attached hydrogen (secondary N) is 1. The minimum absolute atomic E-state index is 0.0444. The molecule has 6 nitrogen and oxygen atoms in total. The third-order valence-electron chi connectivity index (χ3n) is 2.38. The van der Waals surface area contributed by atoms with Crippen LogP contribution in [0.5, 0.6) is 0 Å². The summed E-state index contributed by atoms with van der Waals surface area (Å²) in [4.78, 5) is 20.8. The lowest BCUT2D eigenvalue weighted by Crippen LogP contribution is -2.26. The van der Waals surface area contributed by atoms with Crippen molar-refractivity contribution in [1.29, 1.82) is 0 Å². The largest absolute Gasteiger partial charge is 0.481 e. The Balaban J connectivity index is 2.58. The van der Waals surface area contributed by atoms with Crippen LogP contribution in [0.2, 0.25) is 0 Å². The molecular weight excluding hydrogens is 224 g/mol. The minimum atomic E-state index is -0.889. The zero-order chi connectivity index (χ0) is 12.8. The molecule has 0 heterocycles. The molecule has 1 aromatic carbocycles. The lowest BCUT2D eigenvalue weighted by molar-refractivity contribution is -0.385. The fourth-order valence-electron chi connectivity index (χ4n) is 1.35. The standard InChI is InChI=1S/C11H14N2O4/c1-8(11(14)15)6-12-7-9-4-2-3-5-10(9)13(16)17/h2-5,8,12H,6-7H2,1H3,(H,14,15). The Labute approximate surface area is 98.4 Å². The van der Waals surface area contributed by atoms with E-state index in [0.29, 0.717) is 5.56 Å². The fourth-order valence-corrected chi connectivity index (χ4v) is 1.35. The number of carboxylic acid groups (broad SMARTS) is 1. The Bertz CT molecular complexity index is 420. The van der Waals surface area contributed by atoms with Gasteiger partial charge in [0.25, 0.3) is 5.69 Å². The van der Waals surface area contributed by atoms with Crippen LogP contribution in [0, 0.1) is 16.0 Å². The van der Waals surface area contributed by atoms with E-state index < -0.39 is 16.8 Å². The van der Waals surface area contributed by atoms with Gasteiger partial charge in [-0.2, -0.15) is 0 Å². The van der Waals surface area contributed by atoms with Gasteiger partial charge in [0.2, 0.25) is 0 Å². The molecule has 92 valence electrons. The van der Waals surface area contributed by atoms with Crippen molar-refractivity contribution in [2.75, 3.05) is 6.54 Å². The van der Waals surface area contributed by atoms with Gasteiger partial charge < -0.3 is 10.4 Å². The molecular formula is C11H14N2O4. The number of carboxylic acids is 1. The summed E-state index contributed by atoms with van der Waals surface area (Å²) in [7, 11) is 0. The predicted molar refractivity (Wildman–Crippen MR) is 61.6 cm³/mol. The second-order valence-electron chi connectivity index (χ2n) is 3.76. The Morgan fingerprint density at radius 1 is 1.53 bits per heavy atom. The van der Waals surface area contributed by atoms with Crippen LogP contribution in [0.3, 0.4) is 0 Å². The number of carbonyl (C=O) groups is 1. The van der Waals surface area contributed by atoms with Crippen LogP contribution in [0.15, 0.2) is 24.3 Å². The lowest BCUT2D eigenvalue weighted by atomic mass is 10.1. The molecule has 0 aliphatic heterocycles. The van der Waals surface area contributed by atoms with Gasteiger partial charge in [0.15, 0.2) is 0 Å². The molecule has 1 unspecified atom stereocenters. The highest BCUT2D eigenvalue weighted by Crippen LogP contribution is 2.17. The van der Waals surface area contributed by atoms with E-state index >= 15 is 0 Å². The van der Waals surface area contributed by atoms with E-state index in [-0.39, 0.29) is 18.8 Å². The van der Waals surface area contributed by atoms with Crippen molar-refractivity contribution in [2.45, 2.75) is 13.5 Å². The molecule has 0 radical (unpaired) electrons. The normalized spacial score (nSPS) is 12.1. The molecule has 0 fully saturated rings. The molecule has 0 aromatic heterocycles. The van der Waals surface area contributed by atoms with E-state index in [0.717, 1.165) is 0 Å². The molecule has 0 aliphatic rings. The molecule has 0 bridgehead atoms. The Hall–Kier alpha value is -1.95. The molecule has 6 heteroatoms. The van der Waals surface area contributed by atoms with Crippen molar-refractivity contribution in [3.8, 4) is 0 Å². The molecule has 1 aromatic rings. The first-order valence-electron chi connectivity index (χ1n) is 5.18. The molecule has 0 saturated heterocycles. The number of hydrogen-bond donors (Lipinski definition) is 2. The summed E-state index contributed by atoms with van der Waals surface area (Å²) in [6, 6.07) is 6.39. The summed E-state index contributed by atoms with van der Waals surface area (Å²) in [5.41, 5.74) is 0.595. The smallest absolute Gasteiger partial charge is 0.307 e. The average molecular weight is 238 g/mol. The maximum absolute atomic E-state index is 10.7. The van der Waals surface area contributed by atoms with Crippen molar-refractivity contribution >= 4 is 11.7 Å². The summed E-state index contributed by atoms with van der Waals surface area (Å²) in [6.07, 6.45) is 0. The van der Waals surface area contributed by atoms with E-state index in [1.54, 1.807) is 25.1 Å². The zero-order valence-electron chi connectivity index (χ0n) is 9.42. The molecule has 0 amide bonds. The highest BCUT2D eigenvalue weighted by Gasteiger charge is 2.13. The lowest BCUT2D eigenvalue weighted by Gasteiger charge is -2.08. The molecule has 1 atom stereocenters. The fraction of sp³-hybridized carbons (Fsp3) is 0.364. The van der Waals surface area contributed by atoms with Crippen LogP contribution in [0.4, 0.5) is 5.69 Å². The van der Waals surface area contributed by atoms with Crippen LogP contribution in [-0.4, -0.2) is 22.5 Å². The van der Waals surface area contributed by atoms with Gasteiger partial charge in [0.1, 0.15) is 0 Å². The monoisotopic (exact) mass is 238 g/mol. The highest BCUT2D eigenvalue weighted by molar-refractivity contribution is 5.69. The molecule has 2 N–H and O–H groups in total. The van der Waals surface area contributed by atoms with E-state index in [1.807, 2.05) is 0 Å². The average Bonchev–Trinajstić information content (AvgIpc) is 2.29. The number of para-hydroxylation sites is 1. The number of nitrogens with zero attached hydrogens (tertiary/aromatic N) is 1. The Morgan fingerprint density at radius 3 is 2.76 bits per heavy atom. The van der Waals surface area contributed by atoms with Gasteiger partial charge in [-0.05, 0) is 0 Å². The van der Waals surface area contributed by atoms with Crippen molar-refractivity contribution in [1.82, 2.24) is 5.32 Å². The predicted octanol–water partition coefficient (Wildman–Crippen LogP) is 1.41. The van der Waals surface area contributed by atoms with Gasteiger partial charge in [-0.3, -0.25) is 14.9 Å². The van der Waals surface area contributed by atoms with Gasteiger partial charge in [0.05, 0.1) is 10.8 Å². The van der Waals surface area contributed by atoms with Crippen LogP contribution >= 0.6 is 0 Å². The second-order valence-corrected chi connectivity index (χ2v) is 3.76. The highest BCUT2D eigenvalue weighted by atomic mass is 16.6. The van der Waals surface area contributed by atoms with Crippen LogP contribution in [-0.2, 0) is 11.3 Å². The Morgan fingerprint density at radius 2 is 2.18 bits per heavy atom. The van der Waals surface area contributed by atoms with Gasteiger partial charge in [-0.1, -0.05) is 25.1 Å². The summed E-state index contributed by atoms with van der Waals surface area (Å²) in [5.74, 6) is -1.40. The molecule has 0 saturated carbocycles. The van der Waals surface area contributed by atoms with E-state index in [1.165, 1.54) is 6.07 Å². The Kier molecular flexibility index (Phi) is 4.59. The molecule has 1 rings (SSSR count). The maximum atomic E-state index is 10.7. The second kappa shape index (κ2) is 5.95. The van der Waals surface area contributed by atoms with Gasteiger partial charge >= 0.3 is 5.97 Å². The molecule has 17 heavy (non-hydrogen) atoms. The van der Waals surface area contributed by atoms with Crippen molar-refractivity contribution < 1.29 is 14.8 Å². The first-order chi connectivity index (χ1) is 8.02. The first-order valence-corrected chi connectivity index (χ1v) is 5.18. The van der Waals surface area contributed by atoms with E-state index in [2.05, 4.69) is 5.32 Å². The third-order valence-corrected chi connectivity index (χ3v) is 2.38. The summed E-state index contributed by atoms with van der Waals surface area (Å²) in [6.45, 7) is 2.14. The number of benzene rings is 1. The SMILES string of the molecule is CC(CNCc1ccccc1[N+](=O)[O-])C(=O)O. The molecule has 0 spiro atoms. The van der Waals surface area contributed by atoms with Crippen LogP contribution in [0.1, 0.15) is 12.5 Å². The van der Waals surface area contributed by atoms with Gasteiger partial charge in [-0.15, -0.1) is 0 Å². The number of nitro benzene ring substituents is 1.